The van der Waals surface area contributed by atoms with Gasteiger partial charge in [0.25, 0.3) is 0 Å². The lowest BCUT2D eigenvalue weighted by Gasteiger charge is -2.11. The lowest BCUT2D eigenvalue weighted by Crippen LogP contribution is -2.14. The predicted molar refractivity (Wildman–Crippen MR) is 69.2 cm³/mol. The molecule has 0 fully saturated rings. The number of aromatic nitrogens is 1. The second-order valence-corrected chi connectivity index (χ2v) is 5.29. The van der Waals surface area contributed by atoms with Crippen LogP contribution in [0.2, 0.25) is 10.0 Å². The van der Waals surface area contributed by atoms with Crippen molar-refractivity contribution in [3.8, 4) is 0 Å². The van der Waals surface area contributed by atoms with Gasteiger partial charge in [0.05, 0.1) is 21.8 Å². The zero-order valence-corrected chi connectivity index (χ0v) is 10.7. The van der Waals surface area contributed by atoms with Crippen LogP contribution in [0.4, 0.5) is 0 Å². The van der Waals surface area contributed by atoms with Crippen LogP contribution in [0.3, 0.4) is 0 Å². The van der Waals surface area contributed by atoms with Crippen LogP contribution in [0, 0.1) is 0 Å². The van der Waals surface area contributed by atoms with Crippen molar-refractivity contribution in [2.24, 2.45) is 5.73 Å². The first-order valence-electron chi connectivity index (χ1n) is 4.75. The van der Waals surface area contributed by atoms with Gasteiger partial charge in [-0.3, -0.25) is 4.98 Å². The number of hydrogen-bond acceptors (Lipinski definition) is 3. The summed E-state index contributed by atoms with van der Waals surface area (Å²) in [4.78, 5) is 5.40. The van der Waals surface area contributed by atoms with Crippen LogP contribution < -0.4 is 5.73 Å². The Morgan fingerprint density at radius 3 is 2.88 bits per heavy atom. The Morgan fingerprint density at radius 2 is 2.25 bits per heavy atom. The highest BCUT2D eigenvalue weighted by Gasteiger charge is 2.13. The van der Waals surface area contributed by atoms with E-state index in [1.54, 1.807) is 23.6 Å². The summed E-state index contributed by atoms with van der Waals surface area (Å²) in [6.07, 6.45) is 2.31. The molecule has 0 saturated carbocycles. The topological polar surface area (TPSA) is 38.9 Å². The summed E-state index contributed by atoms with van der Waals surface area (Å²) in [6.45, 7) is 0. The molecule has 0 bridgehead atoms. The van der Waals surface area contributed by atoms with Gasteiger partial charge in [-0.1, -0.05) is 29.3 Å². The molecule has 2 aromatic rings. The van der Waals surface area contributed by atoms with Gasteiger partial charge in [0.2, 0.25) is 0 Å². The van der Waals surface area contributed by atoms with Gasteiger partial charge in [0.1, 0.15) is 0 Å². The fraction of sp³-hybridized carbons (Fsp3) is 0.182. The Balaban J connectivity index is 2.17. The predicted octanol–water partition coefficient (Wildman–Crippen LogP) is 3.69. The first kappa shape index (κ1) is 11.9. The molecule has 2 N–H and O–H groups in total. The molecule has 84 valence electrons. The molecule has 0 aromatic carbocycles. The molecular weight excluding hydrogens is 263 g/mol. The second-order valence-electron chi connectivity index (χ2n) is 3.41. The minimum atomic E-state index is -0.191. The van der Waals surface area contributed by atoms with Crippen LogP contribution in [0.1, 0.15) is 16.6 Å². The number of pyridine rings is 1. The fourth-order valence-corrected chi connectivity index (χ4v) is 2.73. The average molecular weight is 273 g/mol. The first-order valence-corrected chi connectivity index (χ1v) is 6.39. The van der Waals surface area contributed by atoms with Gasteiger partial charge in [0.15, 0.2) is 0 Å². The van der Waals surface area contributed by atoms with Crippen LogP contribution in [0.25, 0.3) is 0 Å². The molecule has 2 nitrogen and oxygen atoms in total. The Labute approximate surface area is 108 Å². The second kappa shape index (κ2) is 5.15. The number of halogens is 2. The summed E-state index contributed by atoms with van der Waals surface area (Å²) in [6, 6.07) is 5.53. The van der Waals surface area contributed by atoms with E-state index in [9.17, 15) is 0 Å². The van der Waals surface area contributed by atoms with Gasteiger partial charge in [-0.25, -0.2) is 0 Å². The van der Waals surface area contributed by atoms with Gasteiger partial charge < -0.3 is 5.73 Å². The molecule has 0 aliphatic heterocycles. The van der Waals surface area contributed by atoms with E-state index in [2.05, 4.69) is 4.98 Å². The summed E-state index contributed by atoms with van der Waals surface area (Å²) in [5.74, 6) is 0. The van der Waals surface area contributed by atoms with Crippen LogP contribution in [-0.4, -0.2) is 4.98 Å². The molecule has 0 saturated heterocycles. The molecule has 1 unspecified atom stereocenters. The molecule has 2 rings (SSSR count). The summed E-state index contributed by atoms with van der Waals surface area (Å²) in [5.41, 5.74) is 6.75. The summed E-state index contributed by atoms with van der Waals surface area (Å²) >= 11 is 13.5. The van der Waals surface area contributed by atoms with E-state index in [0.29, 0.717) is 15.7 Å². The number of nitrogens with zero attached hydrogens (tertiary/aromatic N) is 1. The molecule has 0 radical (unpaired) electrons. The Morgan fingerprint density at radius 1 is 1.44 bits per heavy atom. The van der Waals surface area contributed by atoms with E-state index in [-0.39, 0.29) is 6.04 Å². The average Bonchev–Trinajstić information content (AvgIpc) is 2.70. The van der Waals surface area contributed by atoms with Crippen LogP contribution >= 0.6 is 34.5 Å². The maximum absolute atomic E-state index is 6.05. The van der Waals surface area contributed by atoms with Crippen molar-refractivity contribution in [1.82, 2.24) is 4.98 Å². The SMILES string of the molecule is NC(Cc1cccs1)c1ncc(Cl)cc1Cl. The highest BCUT2D eigenvalue weighted by atomic mass is 35.5. The van der Waals surface area contributed by atoms with Crippen LogP contribution in [0.5, 0.6) is 0 Å². The molecular formula is C11H10Cl2N2S. The maximum Gasteiger partial charge on any atom is 0.0761 e. The van der Waals surface area contributed by atoms with Crippen molar-refractivity contribution in [1.29, 1.82) is 0 Å². The quantitative estimate of drug-likeness (QED) is 0.926. The van der Waals surface area contributed by atoms with E-state index in [1.165, 1.54) is 4.88 Å². The van der Waals surface area contributed by atoms with E-state index in [4.69, 9.17) is 28.9 Å². The van der Waals surface area contributed by atoms with Crippen LogP contribution in [0.15, 0.2) is 29.8 Å². The third-order valence-electron chi connectivity index (χ3n) is 2.19. The fourth-order valence-electron chi connectivity index (χ4n) is 1.44. The molecule has 0 aliphatic carbocycles. The summed E-state index contributed by atoms with van der Waals surface area (Å²) in [5, 5.41) is 3.08. The third kappa shape index (κ3) is 2.74. The highest BCUT2D eigenvalue weighted by molar-refractivity contribution is 7.09. The van der Waals surface area contributed by atoms with Crippen molar-refractivity contribution in [3.63, 3.8) is 0 Å². The lowest BCUT2D eigenvalue weighted by molar-refractivity contribution is 0.704. The molecule has 2 heterocycles. The van der Waals surface area contributed by atoms with E-state index < -0.39 is 0 Å². The molecule has 5 heteroatoms. The normalized spacial score (nSPS) is 12.7. The first-order chi connectivity index (χ1) is 7.66. The van der Waals surface area contributed by atoms with E-state index in [0.717, 1.165) is 6.42 Å². The minimum Gasteiger partial charge on any atom is -0.322 e. The zero-order valence-electron chi connectivity index (χ0n) is 8.36. The molecule has 1 atom stereocenters. The van der Waals surface area contributed by atoms with Gasteiger partial charge in [0, 0.05) is 17.5 Å². The monoisotopic (exact) mass is 272 g/mol. The third-order valence-corrected chi connectivity index (χ3v) is 3.60. The van der Waals surface area contributed by atoms with Crippen LogP contribution in [-0.2, 0) is 6.42 Å². The van der Waals surface area contributed by atoms with E-state index >= 15 is 0 Å². The zero-order chi connectivity index (χ0) is 11.5. The largest absolute Gasteiger partial charge is 0.322 e. The molecule has 16 heavy (non-hydrogen) atoms. The number of nitrogens with two attached hydrogens (primary N) is 1. The van der Waals surface area contributed by atoms with Crippen molar-refractivity contribution in [3.05, 3.63) is 50.4 Å². The number of thiophene rings is 1. The minimum absolute atomic E-state index is 0.191. The van der Waals surface area contributed by atoms with Gasteiger partial charge in [-0.15, -0.1) is 11.3 Å². The standard InChI is InChI=1S/C11H10Cl2N2S/c12-7-4-9(13)11(15-6-7)10(14)5-8-2-1-3-16-8/h1-4,6,10H,5,14H2. The Bertz CT molecular complexity index is 471. The highest BCUT2D eigenvalue weighted by Crippen LogP contribution is 2.25. The molecule has 0 aliphatic rings. The van der Waals surface area contributed by atoms with E-state index in [1.807, 2.05) is 17.5 Å². The Kier molecular flexibility index (Phi) is 3.82. The lowest BCUT2D eigenvalue weighted by atomic mass is 10.1. The number of rotatable bonds is 3. The summed E-state index contributed by atoms with van der Waals surface area (Å²) in [7, 11) is 0. The smallest absolute Gasteiger partial charge is 0.0761 e. The maximum atomic E-state index is 6.05. The van der Waals surface area contributed by atoms with Gasteiger partial charge in [-0.05, 0) is 17.5 Å². The molecule has 2 aromatic heterocycles. The van der Waals surface area contributed by atoms with Crippen molar-refractivity contribution >= 4 is 34.5 Å². The van der Waals surface area contributed by atoms with Crippen molar-refractivity contribution in [2.75, 3.05) is 0 Å². The summed E-state index contributed by atoms with van der Waals surface area (Å²) < 4.78 is 0. The number of hydrogen-bond donors (Lipinski definition) is 1. The molecule has 0 spiro atoms. The molecule has 0 amide bonds. The van der Waals surface area contributed by atoms with Gasteiger partial charge >= 0.3 is 0 Å². The Hall–Kier alpha value is -0.610. The van der Waals surface area contributed by atoms with Crippen molar-refractivity contribution < 1.29 is 0 Å². The van der Waals surface area contributed by atoms with Crippen molar-refractivity contribution in [2.45, 2.75) is 12.5 Å². The van der Waals surface area contributed by atoms with Gasteiger partial charge in [-0.2, -0.15) is 0 Å².